The highest BCUT2D eigenvalue weighted by Crippen LogP contribution is 2.23. The van der Waals surface area contributed by atoms with Crippen LogP contribution in [0.3, 0.4) is 0 Å². The second-order valence-electron chi connectivity index (χ2n) is 16.5. The molecule has 2 aromatic carbocycles. The fourth-order valence-corrected chi connectivity index (χ4v) is 9.81. The van der Waals surface area contributed by atoms with Crippen LogP contribution < -0.4 is 9.44 Å². The second kappa shape index (κ2) is 19.8. The topological polar surface area (TPSA) is 219 Å². The molecule has 0 fully saturated rings. The first kappa shape index (κ1) is 46.8. The van der Waals surface area contributed by atoms with Crippen molar-refractivity contribution in [3.05, 3.63) is 133 Å². The number of hydrogen-bond donors (Lipinski definition) is 4. The average molecular weight is 895 g/mol. The molecule has 0 aliphatic rings. The Kier molecular flexibility index (Phi) is 14.7. The second-order valence-corrected chi connectivity index (χ2v) is 19.9. The first-order valence-corrected chi connectivity index (χ1v) is 23.6. The number of pyridine rings is 2. The maximum absolute atomic E-state index is 14.1. The number of nitrogens with one attached hydrogen (secondary N) is 4. The Balaban J connectivity index is 1.14. The lowest BCUT2D eigenvalue weighted by Crippen LogP contribution is -2.50. The van der Waals surface area contributed by atoms with E-state index in [4.69, 9.17) is 4.74 Å². The summed E-state index contributed by atoms with van der Waals surface area (Å²) in [5.74, 6) is -0.0948. The molecule has 0 aliphatic carbocycles. The molecule has 2 unspecified atom stereocenters. The van der Waals surface area contributed by atoms with E-state index in [2.05, 4.69) is 52.5 Å². The van der Waals surface area contributed by atoms with Crippen molar-refractivity contribution in [2.75, 3.05) is 0 Å². The maximum atomic E-state index is 14.1. The van der Waals surface area contributed by atoms with E-state index < -0.39 is 55.9 Å². The predicted molar refractivity (Wildman–Crippen MR) is 242 cm³/mol. The summed E-state index contributed by atoms with van der Waals surface area (Å²) in [6.45, 7) is 18.6. The van der Waals surface area contributed by atoms with Crippen molar-refractivity contribution in [1.29, 1.82) is 0 Å². The van der Waals surface area contributed by atoms with Crippen LogP contribution in [0, 0.1) is 25.7 Å². The van der Waals surface area contributed by atoms with Gasteiger partial charge in [0.05, 0.1) is 44.3 Å². The summed E-state index contributed by atoms with van der Waals surface area (Å²) < 4.78 is 66.2. The largest absolute Gasteiger partial charge is 0.351 e. The highest BCUT2D eigenvalue weighted by Gasteiger charge is 2.36. The average Bonchev–Trinajstić information content (AvgIpc) is 3.82. The summed E-state index contributed by atoms with van der Waals surface area (Å²) in [6.07, 6.45) is 3.89. The smallest absolute Gasteiger partial charge is 0.241 e. The van der Waals surface area contributed by atoms with Crippen LogP contribution in [-0.2, 0) is 47.2 Å². The number of sulfonamides is 2. The van der Waals surface area contributed by atoms with Gasteiger partial charge in [-0.25, -0.2) is 36.2 Å². The van der Waals surface area contributed by atoms with Crippen LogP contribution in [0.4, 0.5) is 0 Å². The predicted octanol–water partition coefficient (Wildman–Crippen LogP) is 6.38. The van der Waals surface area contributed by atoms with E-state index in [9.17, 15) is 26.4 Å². The molecule has 0 spiro atoms. The van der Waals surface area contributed by atoms with Gasteiger partial charge in [-0.15, -0.1) is 13.2 Å². The third-order valence-corrected chi connectivity index (χ3v) is 13.4. The van der Waals surface area contributed by atoms with Crippen molar-refractivity contribution < 1.29 is 31.2 Å². The van der Waals surface area contributed by atoms with Gasteiger partial charge in [-0.2, -0.15) is 0 Å². The number of fused-ring (bicyclic) bond motifs is 2. The van der Waals surface area contributed by atoms with Gasteiger partial charge in [0.1, 0.15) is 34.9 Å². The zero-order valence-corrected chi connectivity index (χ0v) is 37.9. The van der Waals surface area contributed by atoms with E-state index in [0.29, 0.717) is 12.8 Å². The van der Waals surface area contributed by atoms with Gasteiger partial charge in [0.25, 0.3) is 0 Å². The van der Waals surface area contributed by atoms with E-state index in [0.717, 1.165) is 56.2 Å². The standard InChI is InChI=1S/C46H54N8O7S2/c1-9-41(45(55)39(23-27(3)4)53-62(57,58)33-15-11-31(12-16-33)25-37-43-35(19-21-47-37)49-29(7)51-43)61-42(10-2)46(56)40(24-28(5)6)54-63(59,60)34-17-13-32(14-18-34)26-38-44-36(20-22-48-38)50-30(8)52-44/h9-22,27-28,39-42,53-54H,1-2,23-26H2,3-8H3,(H,49,51)(H,50,52)/t39-,40-,41?,42?/m0/s1. The Bertz CT molecular complexity index is 2640. The van der Waals surface area contributed by atoms with Gasteiger partial charge < -0.3 is 14.7 Å². The van der Waals surface area contributed by atoms with Crippen LogP contribution in [0.2, 0.25) is 0 Å². The number of aryl methyl sites for hydroxylation is 2. The molecule has 0 aliphatic heterocycles. The number of aromatic nitrogens is 6. The van der Waals surface area contributed by atoms with Gasteiger partial charge in [0.15, 0.2) is 11.6 Å². The number of benzene rings is 2. The van der Waals surface area contributed by atoms with Crippen LogP contribution in [0.15, 0.2) is 108 Å². The first-order chi connectivity index (χ1) is 29.9. The molecule has 15 nitrogen and oxygen atoms in total. The number of imidazole rings is 2. The molecular weight excluding hydrogens is 841 g/mol. The zero-order valence-electron chi connectivity index (χ0n) is 36.3. The summed E-state index contributed by atoms with van der Waals surface area (Å²) in [5, 5.41) is 0. The zero-order chi connectivity index (χ0) is 45.6. The van der Waals surface area contributed by atoms with Crippen molar-refractivity contribution in [2.24, 2.45) is 11.8 Å². The van der Waals surface area contributed by atoms with Gasteiger partial charge in [0.2, 0.25) is 20.0 Å². The molecule has 0 bridgehead atoms. The van der Waals surface area contributed by atoms with E-state index in [1.54, 1.807) is 36.7 Å². The minimum atomic E-state index is -4.23. The molecule has 4 atom stereocenters. The quantitative estimate of drug-likeness (QED) is 0.0548. The highest BCUT2D eigenvalue weighted by atomic mass is 32.2. The fraction of sp³-hybridized carbons (Fsp3) is 0.348. The van der Waals surface area contributed by atoms with Gasteiger partial charge in [-0.3, -0.25) is 19.6 Å². The molecule has 63 heavy (non-hydrogen) atoms. The molecule has 332 valence electrons. The van der Waals surface area contributed by atoms with Crippen LogP contribution in [-0.4, -0.2) is 82.6 Å². The molecular formula is C46H54N8O7S2. The van der Waals surface area contributed by atoms with Crippen LogP contribution in [0.1, 0.15) is 74.7 Å². The lowest BCUT2D eigenvalue weighted by molar-refractivity contribution is -0.139. The monoisotopic (exact) mass is 894 g/mol. The van der Waals surface area contributed by atoms with E-state index in [-0.39, 0.29) is 34.5 Å². The number of nitrogens with zero attached hydrogens (tertiary/aromatic N) is 4. The maximum Gasteiger partial charge on any atom is 0.241 e. The van der Waals surface area contributed by atoms with E-state index >= 15 is 0 Å². The minimum absolute atomic E-state index is 0.0537. The molecule has 6 rings (SSSR count). The Morgan fingerprint density at radius 3 is 1.33 bits per heavy atom. The molecule has 4 N–H and O–H groups in total. The third kappa shape index (κ3) is 11.5. The number of H-pyrrole nitrogens is 2. The minimum Gasteiger partial charge on any atom is -0.351 e. The Labute approximate surface area is 368 Å². The number of carbonyl (C=O) groups is 2. The van der Waals surface area contributed by atoms with Crippen LogP contribution >= 0.6 is 0 Å². The molecule has 6 aromatic rings. The van der Waals surface area contributed by atoms with Gasteiger partial charge in [-0.05, 0) is 86.1 Å². The van der Waals surface area contributed by atoms with Gasteiger partial charge in [0, 0.05) is 25.2 Å². The molecule has 17 heteroatoms. The van der Waals surface area contributed by atoms with Crippen molar-refractivity contribution in [3.8, 4) is 0 Å². The normalized spacial score (nSPS) is 14.2. The van der Waals surface area contributed by atoms with Gasteiger partial charge >= 0.3 is 0 Å². The summed E-state index contributed by atoms with van der Waals surface area (Å²) in [7, 11) is -8.46. The molecule has 0 saturated heterocycles. The number of ketones is 2. The number of carbonyl (C=O) groups excluding carboxylic acids is 2. The van der Waals surface area contributed by atoms with E-state index in [1.807, 2.05) is 53.7 Å². The van der Waals surface area contributed by atoms with E-state index in [1.165, 1.54) is 36.4 Å². The fourth-order valence-electron chi connectivity index (χ4n) is 7.38. The number of ether oxygens (including phenoxy) is 1. The number of rotatable bonds is 22. The summed E-state index contributed by atoms with van der Waals surface area (Å²) >= 11 is 0. The number of hydrogen-bond acceptors (Lipinski definition) is 11. The van der Waals surface area contributed by atoms with Gasteiger partial charge in [-0.1, -0.05) is 64.1 Å². The van der Waals surface area contributed by atoms with Crippen molar-refractivity contribution >= 4 is 53.7 Å². The summed E-state index contributed by atoms with van der Waals surface area (Å²) in [4.78, 5) is 52.5. The SMILES string of the molecule is C=CC(OC(C=C)C(=O)[C@H](CC(C)C)NS(=O)(=O)c1ccc(Cc2nccc3[nH]c(C)nc23)cc1)C(=O)[C@H](CC(C)C)NS(=O)(=O)c1ccc(Cc2nccc3[nH]c(C)nc23)cc1. The van der Waals surface area contributed by atoms with Crippen LogP contribution in [0.25, 0.3) is 22.1 Å². The van der Waals surface area contributed by atoms with Crippen LogP contribution in [0.5, 0.6) is 0 Å². The molecule has 0 amide bonds. The van der Waals surface area contributed by atoms with Crippen molar-refractivity contribution in [3.63, 3.8) is 0 Å². The molecule has 4 heterocycles. The lowest BCUT2D eigenvalue weighted by Gasteiger charge is -2.27. The number of Topliss-reactive ketones (excluding diaryl/α,β-unsaturated/α-hetero) is 2. The highest BCUT2D eigenvalue weighted by molar-refractivity contribution is 7.89. The molecule has 0 saturated carbocycles. The summed E-state index contributed by atoms with van der Waals surface area (Å²) in [6, 6.07) is 13.7. The Morgan fingerprint density at radius 1 is 0.635 bits per heavy atom. The molecule has 0 radical (unpaired) electrons. The van der Waals surface area contributed by atoms with Crippen molar-refractivity contribution in [2.45, 2.75) is 101 Å². The summed E-state index contributed by atoms with van der Waals surface area (Å²) in [5.41, 5.74) is 6.29. The Morgan fingerprint density at radius 2 is 1.00 bits per heavy atom. The first-order valence-electron chi connectivity index (χ1n) is 20.7. The number of aromatic amines is 2. The Hall–Kier alpha value is -5.72. The third-order valence-electron chi connectivity index (χ3n) is 10.4. The lowest BCUT2D eigenvalue weighted by atomic mass is 9.96. The molecule has 4 aromatic heterocycles. The van der Waals surface area contributed by atoms with Crippen molar-refractivity contribution in [1.82, 2.24) is 39.3 Å².